The Morgan fingerprint density at radius 3 is 2.20 bits per heavy atom. The largest absolute Gasteiger partial charge is 0.418 e. The van der Waals surface area contributed by atoms with Gasteiger partial charge in [0.1, 0.15) is 0 Å². The van der Waals surface area contributed by atoms with Crippen molar-refractivity contribution in [3.05, 3.63) is 64.1 Å². The Bertz CT molecular complexity index is 623. The minimum absolute atomic E-state index is 0.257. The lowest BCUT2D eigenvalue weighted by atomic mass is 10.1. The first-order valence-electron chi connectivity index (χ1n) is 5.61. The highest BCUT2D eigenvalue weighted by Gasteiger charge is 2.33. The van der Waals surface area contributed by atoms with Crippen molar-refractivity contribution in [2.75, 3.05) is 5.32 Å². The maximum atomic E-state index is 12.8. The van der Waals surface area contributed by atoms with Gasteiger partial charge in [-0.25, -0.2) is 0 Å². The summed E-state index contributed by atoms with van der Waals surface area (Å²) in [6.45, 7) is 0. The fourth-order valence-electron chi connectivity index (χ4n) is 1.64. The van der Waals surface area contributed by atoms with Gasteiger partial charge in [-0.1, -0.05) is 28.1 Å². The monoisotopic (exact) mass is 343 g/mol. The number of hydrogen-bond donors (Lipinski definition) is 1. The number of carbonyl (C=O) groups excluding carboxylic acids is 1. The zero-order valence-electron chi connectivity index (χ0n) is 10.0. The Hall–Kier alpha value is -1.82. The molecule has 0 bridgehead atoms. The van der Waals surface area contributed by atoms with Crippen LogP contribution >= 0.6 is 15.9 Å². The Labute approximate surface area is 121 Å². The molecule has 0 spiro atoms. The fourth-order valence-corrected chi connectivity index (χ4v) is 1.90. The smallest absolute Gasteiger partial charge is 0.321 e. The van der Waals surface area contributed by atoms with E-state index in [1.807, 2.05) is 0 Å². The molecule has 1 amide bonds. The van der Waals surface area contributed by atoms with Crippen LogP contribution in [0.2, 0.25) is 0 Å². The summed E-state index contributed by atoms with van der Waals surface area (Å²) in [7, 11) is 0. The van der Waals surface area contributed by atoms with Crippen LogP contribution in [0.5, 0.6) is 0 Å². The van der Waals surface area contributed by atoms with Gasteiger partial charge in [0.05, 0.1) is 11.3 Å². The molecule has 1 N–H and O–H groups in total. The summed E-state index contributed by atoms with van der Waals surface area (Å²) in [5.41, 5.74) is -0.844. The van der Waals surface area contributed by atoms with E-state index < -0.39 is 17.6 Å². The topological polar surface area (TPSA) is 29.1 Å². The molecule has 0 saturated carbocycles. The fraction of sp³-hybridized carbons (Fsp3) is 0.0714. The lowest BCUT2D eigenvalue weighted by Crippen LogP contribution is -2.16. The molecule has 0 fully saturated rings. The number of amides is 1. The van der Waals surface area contributed by atoms with Gasteiger partial charge in [0.2, 0.25) is 0 Å². The summed E-state index contributed by atoms with van der Waals surface area (Å²) < 4.78 is 39.2. The molecule has 0 aliphatic carbocycles. The van der Waals surface area contributed by atoms with Gasteiger partial charge >= 0.3 is 6.18 Å². The molecule has 0 radical (unpaired) electrons. The second-order valence-electron chi connectivity index (χ2n) is 4.00. The van der Waals surface area contributed by atoms with Crippen LogP contribution in [-0.4, -0.2) is 5.91 Å². The van der Waals surface area contributed by atoms with Crippen LogP contribution in [0, 0.1) is 0 Å². The molecule has 0 aliphatic heterocycles. The Balaban J connectivity index is 2.26. The Morgan fingerprint density at radius 2 is 1.60 bits per heavy atom. The lowest BCUT2D eigenvalue weighted by molar-refractivity contribution is -0.136. The third-order valence-corrected chi connectivity index (χ3v) is 3.12. The van der Waals surface area contributed by atoms with Gasteiger partial charge in [0, 0.05) is 10.0 Å². The highest BCUT2D eigenvalue weighted by atomic mass is 79.9. The van der Waals surface area contributed by atoms with E-state index in [0.29, 0.717) is 0 Å². The van der Waals surface area contributed by atoms with E-state index in [1.165, 1.54) is 30.3 Å². The average Bonchev–Trinajstić information content (AvgIpc) is 2.38. The molecular formula is C14H9BrF3NO. The molecule has 6 heteroatoms. The number of para-hydroxylation sites is 1. The van der Waals surface area contributed by atoms with Gasteiger partial charge in [0.15, 0.2) is 0 Å². The maximum absolute atomic E-state index is 12.8. The Kier molecular flexibility index (Phi) is 4.13. The summed E-state index contributed by atoms with van der Waals surface area (Å²) >= 11 is 3.22. The van der Waals surface area contributed by atoms with Crippen molar-refractivity contribution in [3.63, 3.8) is 0 Å². The summed E-state index contributed by atoms with van der Waals surface area (Å²) in [5.74, 6) is -0.589. The molecule has 0 unspecified atom stereocenters. The molecule has 0 heterocycles. The normalized spacial score (nSPS) is 11.2. The second-order valence-corrected chi connectivity index (χ2v) is 4.92. The van der Waals surface area contributed by atoms with Gasteiger partial charge < -0.3 is 5.32 Å². The zero-order chi connectivity index (χ0) is 14.8. The molecule has 2 rings (SSSR count). The van der Waals surface area contributed by atoms with E-state index in [0.717, 1.165) is 10.5 Å². The first-order valence-corrected chi connectivity index (χ1v) is 6.40. The molecule has 0 aliphatic rings. The standard InChI is InChI=1S/C14H9BrF3NO/c15-10-7-5-9(6-8-10)13(20)19-12-4-2-1-3-11(12)14(16,17)18/h1-8H,(H,19,20). The molecular weight excluding hydrogens is 335 g/mol. The van der Waals surface area contributed by atoms with Crippen LogP contribution < -0.4 is 5.32 Å². The second kappa shape index (κ2) is 5.66. The third kappa shape index (κ3) is 3.39. The predicted octanol–water partition coefficient (Wildman–Crippen LogP) is 4.72. The number of benzene rings is 2. The number of carbonyl (C=O) groups is 1. The first-order chi connectivity index (χ1) is 9.38. The van der Waals surface area contributed by atoms with Crippen LogP contribution in [0.15, 0.2) is 53.0 Å². The maximum Gasteiger partial charge on any atom is 0.418 e. The van der Waals surface area contributed by atoms with Crippen LogP contribution in [0.3, 0.4) is 0 Å². The van der Waals surface area contributed by atoms with Gasteiger partial charge in [-0.2, -0.15) is 13.2 Å². The van der Waals surface area contributed by atoms with Crippen LogP contribution in [0.25, 0.3) is 0 Å². The van der Waals surface area contributed by atoms with E-state index in [-0.39, 0.29) is 11.3 Å². The number of nitrogens with one attached hydrogen (secondary N) is 1. The van der Waals surface area contributed by atoms with Crippen molar-refractivity contribution in [3.8, 4) is 0 Å². The van der Waals surface area contributed by atoms with E-state index in [4.69, 9.17) is 0 Å². The molecule has 20 heavy (non-hydrogen) atoms. The number of anilines is 1. The molecule has 2 aromatic rings. The van der Waals surface area contributed by atoms with Crippen LogP contribution in [0.1, 0.15) is 15.9 Å². The zero-order valence-corrected chi connectivity index (χ0v) is 11.6. The van der Waals surface area contributed by atoms with Crippen LogP contribution in [-0.2, 0) is 6.18 Å². The van der Waals surface area contributed by atoms with Gasteiger partial charge in [-0.3, -0.25) is 4.79 Å². The molecule has 0 saturated heterocycles. The summed E-state index contributed by atoms with van der Waals surface area (Å²) in [4.78, 5) is 11.9. The average molecular weight is 344 g/mol. The highest BCUT2D eigenvalue weighted by molar-refractivity contribution is 9.10. The van der Waals surface area contributed by atoms with Crippen molar-refractivity contribution < 1.29 is 18.0 Å². The van der Waals surface area contributed by atoms with Crippen molar-refractivity contribution >= 4 is 27.5 Å². The SMILES string of the molecule is O=C(Nc1ccccc1C(F)(F)F)c1ccc(Br)cc1. The Morgan fingerprint density at radius 1 is 1.00 bits per heavy atom. The number of halogens is 4. The minimum atomic E-state index is -4.51. The van der Waals surface area contributed by atoms with Gasteiger partial charge in [-0.05, 0) is 36.4 Å². The summed E-state index contributed by atoms with van der Waals surface area (Å²) in [5, 5.41) is 2.28. The third-order valence-electron chi connectivity index (χ3n) is 2.59. The number of rotatable bonds is 2. The highest BCUT2D eigenvalue weighted by Crippen LogP contribution is 2.34. The van der Waals surface area contributed by atoms with E-state index in [1.54, 1.807) is 12.1 Å². The van der Waals surface area contributed by atoms with Crippen molar-refractivity contribution in [1.29, 1.82) is 0 Å². The molecule has 104 valence electrons. The molecule has 0 atom stereocenters. The van der Waals surface area contributed by atoms with E-state index in [2.05, 4.69) is 21.2 Å². The van der Waals surface area contributed by atoms with Crippen molar-refractivity contribution in [2.24, 2.45) is 0 Å². The predicted molar refractivity (Wildman–Crippen MR) is 73.5 cm³/mol. The van der Waals surface area contributed by atoms with E-state index >= 15 is 0 Å². The van der Waals surface area contributed by atoms with Gasteiger partial charge in [-0.15, -0.1) is 0 Å². The van der Waals surface area contributed by atoms with Crippen LogP contribution in [0.4, 0.5) is 18.9 Å². The molecule has 2 nitrogen and oxygen atoms in total. The summed E-state index contributed by atoms with van der Waals surface area (Å²) in [6, 6.07) is 11.2. The van der Waals surface area contributed by atoms with E-state index in [9.17, 15) is 18.0 Å². The number of alkyl halides is 3. The molecule has 2 aromatic carbocycles. The van der Waals surface area contributed by atoms with Crippen molar-refractivity contribution in [2.45, 2.75) is 6.18 Å². The first kappa shape index (κ1) is 14.6. The van der Waals surface area contributed by atoms with Gasteiger partial charge in [0.25, 0.3) is 5.91 Å². The summed E-state index contributed by atoms with van der Waals surface area (Å²) in [6.07, 6.45) is -4.51. The molecule has 0 aromatic heterocycles. The lowest BCUT2D eigenvalue weighted by Gasteiger charge is -2.13. The quantitative estimate of drug-likeness (QED) is 0.839. The van der Waals surface area contributed by atoms with Crippen molar-refractivity contribution in [1.82, 2.24) is 0 Å². The minimum Gasteiger partial charge on any atom is -0.321 e. The number of hydrogen-bond acceptors (Lipinski definition) is 1.